The molecular formula is C5H8O5. The highest BCUT2D eigenvalue weighted by molar-refractivity contribution is 5.83. The molecule has 0 saturated heterocycles. The molecule has 0 unspecified atom stereocenters. The first-order chi connectivity index (χ1) is 4.36. The van der Waals surface area contributed by atoms with Gasteiger partial charge in [-0.15, -0.1) is 0 Å². The summed E-state index contributed by atoms with van der Waals surface area (Å²) in [6.07, 6.45) is -0.789. The maximum Gasteiger partial charge on any atom is 0.335 e. The summed E-state index contributed by atoms with van der Waals surface area (Å²) < 4.78 is 0. The van der Waals surface area contributed by atoms with Crippen LogP contribution < -0.4 is 0 Å². The quantitative estimate of drug-likeness (QED) is 0.491. The molecular weight excluding hydrogens is 140 g/mol. The van der Waals surface area contributed by atoms with Crippen molar-refractivity contribution in [2.24, 2.45) is 0 Å². The van der Waals surface area contributed by atoms with Gasteiger partial charge in [0.15, 0.2) is 5.60 Å². The number of carbonyl (C=O) groups is 2. The first kappa shape index (κ1) is 8.90. The number of carboxylic acid groups (broad SMARTS) is 2. The van der Waals surface area contributed by atoms with E-state index in [-0.39, 0.29) is 0 Å². The van der Waals surface area contributed by atoms with E-state index in [1.807, 2.05) is 0 Å². The highest BCUT2D eigenvalue weighted by Gasteiger charge is 2.32. The average molecular weight is 148 g/mol. The first-order valence-electron chi connectivity index (χ1n) is 2.54. The van der Waals surface area contributed by atoms with E-state index in [9.17, 15) is 9.59 Å². The Morgan fingerprint density at radius 1 is 1.40 bits per heavy atom. The molecule has 0 aromatic heterocycles. The lowest BCUT2D eigenvalue weighted by Crippen LogP contribution is -2.37. The molecule has 0 aliphatic rings. The molecule has 0 radical (unpaired) electrons. The van der Waals surface area contributed by atoms with Crippen molar-refractivity contribution >= 4 is 11.9 Å². The molecule has 0 heterocycles. The van der Waals surface area contributed by atoms with Gasteiger partial charge in [0.05, 0.1) is 6.42 Å². The highest BCUT2D eigenvalue weighted by Crippen LogP contribution is 2.08. The standard InChI is InChI=1S/C5H8O5/c1-5(10,4(8)9)2-3(6)7/h10H,2H2,1H3,(H,6,7)(H,8,9)/t5-/m1/s1. The van der Waals surface area contributed by atoms with Crippen molar-refractivity contribution in [2.75, 3.05) is 0 Å². The van der Waals surface area contributed by atoms with Gasteiger partial charge < -0.3 is 15.3 Å². The zero-order valence-electron chi connectivity index (χ0n) is 5.37. The predicted octanol–water partition coefficient (Wildman–Crippen LogP) is -0.703. The number of hydrogen-bond acceptors (Lipinski definition) is 3. The summed E-state index contributed by atoms with van der Waals surface area (Å²) in [6, 6.07) is 0. The van der Waals surface area contributed by atoms with Gasteiger partial charge in [-0.1, -0.05) is 0 Å². The molecule has 5 heteroatoms. The Hall–Kier alpha value is -1.10. The van der Waals surface area contributed by atoms with E-state index in [4.69, 9.17) is 15.3 Å². The number of rotatable bonds is 3. The highest BCUT2D eigenvalue weighted by atomic mass is 16.4. The molecule has 0 aromatic carbocycles. The Kier molecular flexibility index (Phi) is 2.36. The van der Waals surface area contributed by atoms with Gasteiger partial charge in [0.2, 0.25) is 0 Å². The van der Waals surface area contributed by atoms with E-state index in [0.717, 1.165) is 6.92 Å². The number of aliphatic hydroxyl groups is 1. The lowest BCUT2D eigenvalue weighted by molar-refractivity contribution is -0.163. The summed E-state index contributed by atoms with van der Waals surface area (Å²) in [5.74, 6) is -2.87. The van der Waals surface area contributed by atoms with E-state index in [1.54, 1.807) is 0 Å². The molecule has 5 nitrogen and oxygen atoms in total. The summed E-state index contributed by atoms with van der Waals surface area (Å²) >= 11 is 0. The molecule has 0 aliphatic heterocycles. The number of carboxylic acids is 2. The van der Waals surface area contributed by atoms with Crippen LogP contribution in [0.2, 0.25) is 0 Å². The van der Waals surface area contributed by atoms with Gasteiger partial charge in [0, 0.05) is 0 Å². The van der Waals surface area contributed by atoms with Crippen LogP contribution in [0.3, 0.4) is 0 Å². The minimum atomic E-state index is -2.16. The minimum absolute atomic E-state index is 0.789. The molecule has 0 aromatic rings. The van der Waals surface area contributed by atoms with Crippen molar-refractivity contribution in [1.82, 2.24) is 0 Å². The fraction of sp³-hybridized carbons (Fsp3) is 0.600. The molecule has 0 fully saturated rings. The van der Waals surface area contributed by atoms with Gasteiger partial charge in [-0.25, -0.2) is 4.79 Å². The number of hydrogen-bond donors (Lipinski definition) is 3. The third-order valence-electron chi connectivity index (χ3n) is 0.956. The van der Waals surface area contributed by atoms with Crippen molar-refractivity contribution in [2.45, 2.75) is 18.9 Å². The van der Waals surface area contributed by atoms with Crippen LogP contribution in [-0.4, -0.2) is 32.9 Å². The van der Waals surface area contributed by atoms with Crippen LogP contribution in [-0.2, 0) is 9.59 Å². The molecule has 3 N–H and O–H groups in total. The van der Waals surface area contributed by atoms with Gasteiger partial charge in [-0.05, 0) is 6.92 Å². The summed E-state index contributed by atoms with van der Waals surface area (Å²) in [6.45, 7) is 0.934. The fourth-order valence-electron chi connectivity index (χ4n) is 0.370. The second-order valence-corrected chi connectivity index (χ2v) is 2.15. The predicted molar refractivity (Wildman–Crippen MR) is 30.5 cm³/mol. The third-order valence-corrected chi connectivity index (χ3v) is 0.956. The molecule has 0 amide bonds. The largest absolute Gasteiger partial charge is 0.481 e. The summed E-state index contributed by atoms with van der Waals surface area (Å²) in [4.78, 5) is 19.9. The van der Waals surface area contributed by atoms with E-state index < -0.39 is 24.0 Å². The third kappa shape index (κ3) is 2.45. The van der Waals surface area contributed by atoms with Crippen molar-refractivity contribution in [3.63, 3.8) is 0 Å². The normalized spacial score (nSPS) is 15.8. The van der Waals surface area contributed by atoms with E-state index >= 15 is 0 Å². The zero-order valence-corrected chi connectivity index (χ0v) is 5.37. The van der Waals surface area contributed by atoms with Crippen LogP contribution in [0, 0.1) is 0 Å². The molecule has 58 valence electrons. The summed E-state index contributed by atoms with van der Waals surface area (Å²) in [5, 5.41) is 25.0. The molecule has 0 rings (SSSR count). The van der Waals surface area contributed by atoms with Crippen LogP contribution in [0.25, 0.3) is 0 Å². The monoisotopic (exact) mass is 148 g/mol. The van der Waals surface area contributed by atoms with Crippen molar-refractivity contribution in [1.29, 1.82) is 0 Å². The van der Waals surface area contributed by atoms with E-state index in [0.29, 0.717) is 0 Å². The average Bonchev–Trinajstić information content (AvgIpc) is 1.60. The topological polar surface area (TPSA) is 94.8 Å². The first-order valence-corrected chi connectivity index (χ1v) is 2.54. The van der Waals surface area contributed by atoms with Crippen LogP contribution in [0.15, 0.2) is 0 Å². The Morgan fingerprint density at radius 2 is 1.80 bits per heavy atom. The van der Waals surface area contributed by atoms with E-state index in [1.165, 1.54) is 0 Å². The van der Waals surface area contributed by atoms with Gasteiger partial charge in [-0.2, -0.15) is 0 Å². The van der Waals surface area contributed by atoms with E-state index in [2.05, 4.69) is 0 Å². The van der Waals surface area contributed by atoms with Gasteiger partial charge >= 0.3 is 11.9 Å². The van der Waals surface area contributed by atoms with Crippen LogP contribution in [0.4, 0.5) is 0 Å². The summed E-state index contributed by atoms with van der Waals surface area (Å²) in [7, 11) is 0. The second kappa shape index (κ2) is 2.66. The minimum Gasteiger partial charge on any atom is -0.481 e. The number of aliphatic carboxylic acids is 2. The van der Waals surface area contributed by atoms with Crippen LogP contribution >= 0.6 is 0 Å². The van der Waals surface area contributed by atoms with Crippen LogP contribution in [0.5, 0.6) is 0 Å². The van der Waals surface area contributed by atoms with Gasteiger partial charge in [0.25, 0.3) is 0 Å². The maximum absolute atomic E-state index is 10.0. The van der Waals surface area contributed by atoms with Gasteiger partial charge in [0.1, 0.15) is 0 Å². The second-order valence-electron chi connectivity index (χ2n) is 2.15. The SMILES string of the molecule is C[C@@](O)(CC(=O)O)C(=O)O. The van der Waals surface area contributed by atoms with Crippen molar-refractivity contribution in [3.8, 4) is 0 Å². The molecule has 0 spiro atoms. The molecule has 10 heavy (non-hydrogen) atoms. The Morgan fingerprint density at radius 3 is 1.90 bits per heavy atom. The lowest BCUT2D eigenvalue weighted by Gasteiger charge is -2.13. The zero-order chi connectivity index (χ0) is 8.36. The van der Waals surface area contributed by atoms with Gasteiger partial charge in [-0.3, -0.25) is 4.79 Å². The van der Waals surface area contributed by atoms with Crippen LogP contribution in [0.1, 0.15) is 13.3 Å². The Balaban J connectivity index is 4.13. The fourth-order valence-corrected chi connectivity index (χ4v) is 0.370. The smallest absolute Gasteiger partial charge is 0.335 e. The molecule has 1 atom stereocenters. The Bertz CT molecular complexity index is 159. The maximum atomic E-state index is 10.0. The lowest BCUT2D eigenvalue weighted by atomic mass is 10.0. The Labute approximate surface area is 56.9 Å². The molecule has 0 saturated carbocycles. The summed E-state index contributed by atoms with van der Waals surface area (Å²) in [5.41, 5.74) is -2.16. The molecule has 0 bridgehead atoms. The van der Waals surface area contributed by atoms with Crippen molar-refractivity contribution < 1.29 is 24.9 Å². The molecule has 0 aliphatic carbocycles. The van der Waals surface area contributed by atoms with Crippen molar-refractivity contribution in [3.05, 3.63) is 0 Å².